The highest BCUT2D eigenvalue weighted by atomic mass is 16.2. The van der Waals surface area contributed by atoms with Gasteiger partial charge in [0.25, 0.3) is 5.56 Å². The number of hydrogen-bond donors (Lipinski definition) is 2. The van der Waals surface area contributed by atoms with Crippen molar-refractivity contribution in [2.24, 2.45) is 5.92 Å². The summed E-state index contributed by atoms with van der Waals surface area (Å²) in [5.74, 6) is 0.677. The van der Waals surface area contributed by atoms with Crippen LogP contribution in [0.1, 0.15) is 25.7 Å². The fourth-order valence-corrected chi connectivity index (χ4v) is 4.21. The Bertz CT molecular complexity index is 967. The molecule has 2 aromatic rings. The van der Waals surface area contributed by atoms with Crippen molar-refractivity contribution in [1.29, 1.82) is 0 Å². The summed E-state index contributed by atoms with van der Waals surface area (Å²) in [4.78, 5) is 36.7. The highest BCUT2D eigenvalue weighted by Gasteiger charge is 2.33. The normalized spacial score (nSPS) is 19.0. The number of likely N-dealkylation sites (N-methyl/N-ethyl adjacent to an activating group) is 1. The average Bonchev–Trinajstić information content (AvgIpc) is 3.63. The first kappa shape index (κ1) is 21.3. The first-order chi connectivity index (χ1) is 15.2. The molecule has 164 valence electrons. The second-order valence-electron chi connectivity index (χ2n) is 8.47. The van der Waals surface area contributed by atoms with E-state index in [1.54, 1.807) is 24.7 Å². The number of carbonyl (C=O) groups excluding carboxylic acids is 1. The van der Waals surface area contributed by atoms with Gasteiger partial charge in [-0.05, 0) is 62.4 Å². The number of nitrogens with zero attached hydrogens (tertiary/aromatic N) is 3. The molecule has 2 fully saturated rings. The van der Waals surface area contributed by atoms with Gasteiger partial charge in [0.15, 0.2) is 0 Å². The highest BCUT2D eigenvalue weighted by molar-refractivity contribution is 5.87. The summed E-state index contributed by atoms with van der Waals surface area (Å²) >= 11 is 0. The maximum atomic E-state index is 12.9. The second-order valence-corrected chi connectivity index (χ2v) is 8.47. The molecule has 2 aromatic heterocycles. The summed E-state index contributed by atoms with van der Waals surface area (Å²) in [5.41, 5.74) is 2.62. The van der Waals surface area contributed by atoms with Crippen molar-refractivity contribution in [3.8, 4) is 11.1 Å². The maximum absolute atomic E-state index is 12.9. The Morgan fingerprint density at radius 2 is 2.10 bits per heavy atom. The van der Waals surface area contributed by atoms with Gasteiger partial charge in [0, 0.05) is 62.5 Å². The zero-order chi connectivity index (χ0) is 21.6. The molecule has 1 amide bonds. The number of rotatable bonds is 8. The van der Waals surface area contributed by atoms with Gasteiger partial charge in [0.1, 0.15) is 5.69 Å². The van der Waals surface area contributed by atoms with Crippen LogP contribution in [-0.4, -0.2) is 60.0 Å². The largest absolute Gasteiger partial charge is 0.362 e. The Kier molecular flexibility index (Phi) is 6.82. The topological polar surface area (TPSA) is 81.3 Å². The fourth-order valence-electron chi connectivity index (χ4n) is 4.21. The summed E-state index contributed by atoms with van der Waals surface area (Å²) in [6.45, 7) is 2.96. The monoisotopic (exact) mass is 421 g/mol. The number of hydrogen-bond acceptors (Lipinski definition) is 5. The third-order valence-corrected chi connectivity index (χ3v) is 6.09. The SMILES string of the molecule is CNCC=CC(=O)N1CCC[C@H](N(CC2CC2)c2cc(-c3ccncc3)c[nH]c2=O)C1. The molecule has 0 radical (unpaired) electrons. The molecule has 0 unspecified atom stereocenters. The van der Waals surface area contributed by atoms with E-state index in [4.69, 9.17) is 0 Å². The third kappa shape index (κ3) is 5.41. The lowest BCUT2D eigenvalue weighted by atomic mass is 10.0. The van der Waals surface area contributed by atoms with Gasteiger partial charge in [-0.2, -0.15) is 0 Å². The van der Waals surface area contributed by atoms with Crippen molar-refractivity contribution in [2.45, 2.75) is 31.7 Å². The molecule has 1 atom stereocenters. The quantitative estimate of drug-likeness (QED) is 0.640. The van der Waals surface area contributed by atoms with Crippen LogP contribution in [0.3, 0.4) is 0 Å². The summed E-state index contributed by atoms with van der Waals surface area (Å²) < 4.78 is 0. The number of piperidine rings is 1. The Morgan fingerprint density at radius 3 is 2.84 bits per heavy atom. The van der Waals surface area contributed by atoms with Gasteiger partial charge in [-0.3, -0.25) is 14.6 Å². The van der Waals surface area contributed by atoms with Gasteiger partial charge >= 0.3 is 0 Å². The smallest absolute Gasteiger partial charge is 0.271 e. The van der Waals surface area contributed by atoms with Crippen LogP contribution in [-0.2, 0) is 4.79 Å². The molecule has 0 aromatic carbocycles. The van der Waals surface area contributed by atoms with E-state index < -0.39 is 0 Å². The van der Waals surface area contributed by atoms with Crippen LogP contribution in [0.5, 0.6) is 0 Å². The van der Waals surface area contributed by atoms with Crippen LogP contribution < -0.4 is 15.8 Å². The molecule has 7 nitrogen and oxygen atoms in total. The minimum absolute atomic E-state index is 0.0470. The van der Waals surface area contributed by atoms with E-state index in [-0.39, 0.29) is 17.5 Å². The minimum atomic E-state index is -0.0733. The third-order valence-electron chi connectivity index (χ3n) is 6.09. The molecule has 0 bridgehead atoms. The van der Waals surface area contributed by atoms with Crippen LogP contribution >= 0.6 is 0 Å². The molecule has 1 saturated carbocycles. The van der Waals surface area contributed by atoms with Gasteiger partial charge in [-0.15, -0.1) is 0 Å². The van der Waals surface area contributed by atoms with Crippen LogP contribution in [0.15, 0.2) is 53.7 Å². The summed E-state index contributed by atoms with van der Waals surface area (Å²) in [7, 11) is 1.86. The number of amides is 1. The van der Waals surface area contributed by atoms with Crippen molar-refractivity contribution in [3.05, 3.63) is 59.3 Å². The van der Waals surface area contributed by atoms with E-state index in [1.807, 2.05) is 36.2 Å². The Hall–Kier alpha value is -2.93. The van der Waals surface area contributed by atoms with Crippen LogP contribution in [0.25, 0.3) is 11.1 Å². The number of H-pyrrole nitrogens is 1. The van der Waals surface area contributed by atoms with Crippen molar-refractivity contribution in [1.82, 2.24) is 20.2 Å². The van der Waals surface area contributed by atoms with Crippen molar-refractivity contribution < 1.29 is 4.79 Å². The molecule has 7 heteroatoms. The number of nitrogens with one attached hydrogen (secondary N) is 2. The Morgan fingerprint density at radius 1 is 1.29 bits per heavy atom. The van der Waals surface area contributed by atoms with Gasteiger partial charge in [-0.25, -0.2) is 0 Å². The second kappa shape index (κ2) is 9.92. The van der Waals surface area contributed by atoms with Crippen LogP contribution in [0, 0.1) is 5.92 Å². The molecule has 2 N–H and O–H groups in total. The highest BCUT2D eigenvalue weighted by Crippen LogP contribution is 2.33. The van der Waals surface area contributed by atoms with E-state index >= 15 is 0 Å². The molecule has 1 aliphatic heterocycles. The first-order valence-corrected chi connectivity index (χ1v) is 11.2. The summed E-state index contributed by atoms with van der Waals surface area (Å²) in [6, 6.07) is 6.02. The van der Waals surface area contributed by atoms with E-state index in [0.29, 0.717) is 24.7 Å². The summed E-state index contributed by atoms with van der Waals surface area (Å²) in [6.07, 6.45) is 13.1. The van der Waals surface area contributed by atoms with E-state index in [9.17, 15) is 9.59 Å². The molecule has 3 heterocycles. The minimum Gasteiger partial charge on any atom is -0.362 e. The standard InChI is InChI=1S/C24H31N5O2/c1-25-10-2-5-23(30)28-13-3-4-21(17-28)29(16-18-6-7-18)22-14-20(15-27-24(22)31)19-8-11-26-12-9-19/h2,5,8-9,11-12,14-15,18,21,25H,3-4,6-7,10,13,16-17H2,1H3,(H,27,31)/t21-/m0/s1. The number of aromatic amines is 1. The number of anilines is 1. The molecule has 0 spiro atoms. The number of aromatic nitrogens is 2. The molecule has 4 rings (SSSR count). The Labute approximate surface area is 183 Å². The molecular formula is C24H31N5O2. The van der Waals surface area contributed by atoms with Crippen molar-refractivity contribution >= 4 is 11.6 Å². The molecule has 31 heavy (non-hydrogen) atoms. The van der Waals surface area contributed by atoms with E-state index in [0.717, 1.165) is 37.1 Å². The molecule has 1 saturated heterocycles. The lowest BCUT2D eigenvalue weighted by Crippen LogP contribution is -2.51. The van der Waals surface area contributed by atoms with E-state index in [2.05, 4.69) is 20.2 Å². The van der Waals surface area contributed by atoms with Crippen molar-refractivity contribution in [3.63, 3.8) is 0 Å². The van der Waals surface area contributed by atoms with Crippen LogP contribution in [0.2, 0.25) is 0 Å². The fraction of sp³-hybridized carbons (Fsp3) is 0.458. The Balaban J connectivity index is 1.59. The van der Waals surface area contributed by atoms with Gasteiger partial charge in [-0.1, -0.05) is 6.08 Å². The lowest BCUT2D eigenvalue weighted by molar-refractivity contribution is -0.127. The number of carbonyl (C=O) groups is 1. The van der Waals surface area contributed by atoms with Crippen LogP contribution in [0.4, 0.5) is 5.69 Å². The molecular weight excluding hydrogens is 390 g/mol. The van der Waals surface area contributed by atoms with E-state index in [1.165, 1.54) is 12.8 Å². The number of likely N-dealkylation sites (tertiary alicyclic amines) is 1. The zero-order valence-corrected chi connectivity index (χ0v) is 18.1. The molecule has 2 aliphatic rings. The number of pyridine rings is 2. The predicted octanol–water partition coefficient (Wildman–Crippen LogP) is 2.42. The molecule has 1 aliphatic carbocycles. The first-order valence-electron chi connectivity index (χ1n) is 11.2. The van der Waals surface area contributed by atoms with Gasteiger partial charge in [0.05, 0.1) is 0 Å². The summed E-state index contributed by atoms with van der Waals surface area (Å²) in [5, 5.41) is 3.02. The van der Waals surface area contributed by atoms with Gasteiger partial charge in [0.2, 0.25) is 5.91 Å². The zero-order valence-electron chi connectivity index (χ0n) is 18.1. The van der Waals surface area contributed by atoms with Crippen molar-refractivity contribution in [2.75, 3.05) is 38.1 Å². The average molecular weight is 422 g/mol. The van der Waals surface area contributed by atoms with Gasteiger partial charge < -0.3 is 20.1 Å². The predicted molar refractivity (Wildman–Crippen MR) is 123 cm³/mol. The lowest BCUT2D eigenvalue weighted by Gasteiger charge is -2.40. The maximum Gasteiger partial charge on any atom is 0.271 e.